The van der Waals surface area contributed by atoms with E-state index in [1.807, 2.05) is 13.8 Å². The van der Waals surface area contributed by atoms with Crippen LogP contribution in [-0.2, 0) is 0 Å². The van der Waals surface area contributed by atoms with Crippen LogP contribution in [0.3, 0.4) is 0 Å². The number of aliphatic hydroxyl groups is 1. The number of aliphatic hydroxyl groups excluding tert-OH is 1. The Morgan fingerprint density at radius 3 is 2.18 bits per heavy atom. The largest absolute Gasteiger partial charge is 0.391 e. The fraction of sp³-hybridized carbons (Fsp3) is 1.00. The quantitative estimate of drug-likeness (QED) is 0.791. The molecule has 17 heavy (non-hydrogen) atoms. The van der Waals surface area contributed by atoms with Crippen molar-refractivity contribution in [2.45, 2.75) is 91.3 Å². The summed E-state index contributed by atoms with van der Waals surface area (Å²) < 4.78 is 0. The molecule has 0 heterocycles. The topological polar surface area (TPSA) is 32.3 Å². The normalized spacial score (nSPS) is 29.5. The molecule has 0 spiro atoms. The lowest BCUT2D eigenvalue weighted by Gasteiger charge is -2.37. The summed E-state index contributed by atoms with van der Waals surface area (Å²) in [5.41, 5.74) is 0.114. The molecule has 0 aromatic heterocycles. The molecule has 0 radical (unpaired) electrons. The third kappa shape index (κ3) is 7.05. The molecule has 2 heteroatoms. The fourth-order valence-electron chi connectivity index (χ4n) is 2.63. The summed E-state index contributed by atoms with van der Waals surface area (Å²) in [5.74, 6) is 0.753. The van der Waals surface area contributed by atoms with Crippen LogP contribution in [0.15, 0.2) is 0 Å². The van der Waals surface area contributed by atoms with Crippen LogP contribution >= 0.6 is 0 Å². The first-order valence-electron chi connectivity index (χ1n) is 7.38. The Labute approximate surface area is 108 Å². The highest BCUT2D eigenvalue weighted by atomic mass is 16.3. The first-order chi connectivity index (χ1) is 7.92. The highest BCUT2D eigenvalue weighted by Crippen LogP contribution is 2.28. The summed E-state index contributed by atoms with van der Waals surface area (Å²) in [6, 6.07) is 0.304. The maximum absolute atomic E-state index is 10.1. The molecule has 2 nitrogen and oxygen atoms in total. The van der Waals surface area contributed by atoms with E-state index in [2.05, 4.69) is 33.0 Å². The van der Waals surface area contributed by atoms with Crippen molar-refractivity contribution >= 4 is 0 Å². The fourth-order valence-corrected chi connectivity index (χ4v) is 2.63. The number of hydrogen-bond acceptors (Lipinski definition) is 2. The van der Waals surface area contributed by atoms with Crippen molar-refractivity contribution in [3.8, 4) is 0 Å². The van der Waals surface area contributed by atoms with Gasteiger partial charge >= 0.3 is 0 Å². The van der Waals surface area contributed by atoms with Gasteiger partial charge in [0.05, 0.1) is 6.10 Å². The monoisotopic (exact) mass is 243 g/mol. The molecule has 0 amide bonds. The van der Waals surface area contributed by atoms with Crippen LogP contribution < -0.4 is 5.32 Å². The van der Waals surface area contributed by atoms with Crippen molar-refractivity contribution in [2.24, 2.45) is 5.92 Å². The van der Waals surface area contributed by atoms with E-state index < -0.39 is 0 Å². The second-order valence-corrected chi connectivity index (χ2v) is 6.04. The van der Waals surface area contributed by atoms with E-state index in [9.17, 15) is 5.11 Å². The lowest BCUT2D eigenvalue weighted by molar-refractivity contribution is 0.0520. The third-order valence-electron chi connectivity index (χ3n) is 3.24. The van der Waals surface area contributed by atoms with E-state index >= 15 is 0 Å². The molecule has 0 aromatic rings. The zero-order chi connectivity index (χ0) is 13.5. The molecular formula is C15H33NO. The van der Waals surface area contributed by atoms with Crippen LogP contribution in [0.25, 0.3) is 0 Å². The number of hydrogen-bond donors (Lipinski definition) is 2. The van der Waals surface area contributed by atoms with Gasteiger partial charge in [-0.3, -0.25) is 0 Å². The van der Waals surface area contributed by atoms with E-state index in [0.717, 1.165) is 18.8 Å². The Kier molecular flexibility index (Phi) is 8.06. The highest BCUT2D eigenvalue weighted by molar-refractivity contribution is 4.88. The Bertz CT molecular complexity index is 186. The van der Waals surface area contributed by atoms with E-state index in [1.165, 1.54) is 19.3 Å². The van der Waals surface area contributed by atoms with Crippen molar-refractivity contribution in [2.75, 3.05) is 0 Å². The predicted molar refractivity (Wildman–Crippen MR) is 76.3 cm³/mol. The SMILES string of the molecule is CC.CCCC1CCC(NC(C)(C)C)C(O)C1. The zero-order valence-corrected chi connectivity index (χ0v) is 12.7. The highest BCUT2D eigenvalue weighted by Gasteiger charge is 2.30. The molecule has 1 rings (SSSR count). The number of rotatable bonds is 3. The standard InChI is InChI=1S/C13H27NO.C2H6/c1-5-6-10-7-8-11(12(15)9-10)14-13(2,3)4;1-2/h10-12,14-15H,5-9H2,1-4H3;1-2H3. The summed E-state index contributed by atoms with van der Waals surface area (Å²) in [5, 5.41) is 13.6. The van der Waals surface area contributed by atoms with Crippen LogP contribution in [-0.4, -0.2) is 22.8 Å². The van der Waals surface area contributed by atoms with Gasteiger partial charge in [-0.25, -0.2) is 0 Å². The first kappa shape index (κ1) is 16.9. The van der Waals surface area contributed by atoms with Gasteiger partial charge in [-0.15, -0.1) is 0 Å². The van der Waals surface area contributed by atoms with Crippen LogP contribution in [0.4, 0.5) is 0 Å². The van der Waals surface area contributed by atoms with Gasteiger partial charge < -0.3 is 10.4 Å². The molecule has 0 bridgehead atoms. The Hall–Kier alpha value is -0.0800. The molecular weight excluding hydrogens is 210 g/mol. The van der Waals surface area contributed by atoms with Gasteiger partial charge in [-0.05, 0) is 46.0 Å². The lowest BCUT2D eigenvalue weighted by atomic mass is 9.81. The Morgan fingerprint density at radius 2 is 1.76 bits per heavy atom. The molecule has 0 aromatic carbocycles. The molecule has 3 atom stereocenters. The van der Waals surface area contributed by atoms with Gasteiger partial charge in [0.15, 0.2) is 0 Å². The average Bonchev–Trinajstić information content (AvgIpc) is 2.24. The minimum absolute atomic E-state index is 0.114. The summed E-state index contributed by atoms with van der Waals surface area (Å²) >= 11 is 0. The van der Waals surface area contributed by atoms with Crippen molar-refractivity contribution in [3.63, 3.8) is 0 Å². The Balaban J connectivity index is 0.00000121. The molecule has 0 aliphatic heterocycles. The van der Waals surface area contributed by atoms with Crippen molar-refractivity contribution in [1.82, 2.24) is 5.32 Å². The van der Waals surface area contributed by atoms with Gasteiger partial charge in [0.2, 0.25) is 0 Å². The van der Waals surface area contributed by atoms with E-state index in [0.29, 0.717) is 6.04 Å². The van der Waals surface area contributed by atoms with E-state index in [1.54, 1.807) is 0 Å². The molecule has 0 saturated heterocycles. The molecule has 3 unspecified atom stereocenters. The smallest absolute Gasteiger partial charge is 0.0696 e. The minimum atomic E-state index is -0.144. The average molecular weight is 243 g/mol. The van der Waals surface area contributed by atoms with Crippen molar-refractivity contribution in [1.29, 1.82) is 0 Å². The summed E-state index contributed by atoms with van der Waals surface area (Å²) in [6.07, 6.45) is 5.77. The molecule has 2 N–H and O–H groups in total. The van der Waals surface area contributed by atoms with Crippen molar-refractivity contribution in [3.05, 3.63) is 0 Å². The third-order valence-corrected chi connectivity index (χ3v) is 3.24. The number of nitrogens with one attached hydrogen (secondary N) is 1. The second kappa shape index (κ2) is 8.10. The summed E-state index contributed by atoms with van der Waals surface area (Å²) in [6.45, 7) is 12.7. The van der Waals surface area contributed by atoms with Gasteiger partial charge in [0.25, 0.3) is 0 Å². The van der Waals surface area contributed by atoms with Gasteiger partial charge in [0.1, 0.15) is 0 Å². The van der Waals surface area contributed by atoms with E-state index in [4.69, 9.17) is 0 Å². The van der Waals surface area contributed by atoms with Gasteiger partial charge in [0, 0.05) is 11.6 Å². The molecule has 1 aliphatic carbocycles. The van der Waals surface area contributed by atoms with Crippen LogP contribution in [0.2, 0.25) is 0 Å². The zero-order valence-electron chi connectivity index (χ0n) is 12.7. The lowest BCUT2D eigenvalue weighted by Crippen LogP contribution is -2.51. The Morgan fingerprint density at radius 1 is 1.18 bits per heavy atom. The summed E-state index contributed by atoms with van der Waals surface area (Å²) in [4.78, 5) is 0. The first-order valence-corrected chi connectivity index (χ1v) is 7.38. The van der Waals surface area contributed by atoms with Gasteiger partial charge in [-0.2, -0.15) is 0 Å². The second-order valence-electron chi connectivity index (χ2n) is 6.04. The maximum Gasteiger partial charge on any atom is 0.0696 e. The van der Waals surface area contributed by atoms with Gasteiger partial charge in [-0.1, -0.05) is 33.6 Å². The van der Waals surface area contributed by atoms with Crippen LogP contribution in [0.1, 0.15) is 73.6 Å². The molecule has 1 saturated carbocycles. The molecule has 1 fully saturated rings. The maximum atomic E-state index is 10.1. The minimum Gasteiger partial charge on any atom is -0.391 e. The molecule has 1 aliphatic rings. The van der Waals surface area contributed by atoms with Crippen LogP contribution in [0, 0.1) is 5.92 Å². The predicted octanol–water partition coefficient (Wildman–Crippen LogP) is 3.73. The van der Waals surface area contributed by atoms with Crippen LogP contribution in [0.5, 0.6) is 0 Å². The molecule has 104 valence electrons. The summed E-state index contributed by atoms with van der Waals surface area (Å²) in [7, 11) is 0. The van der Waals surface area contributed by atoms with Crippen molar-refractivity contribution < 1.29 is 5.11 Å². The van der Waals surface area contributed by atoms with E-state index in [-0.39, 0.29) is 11.6 Å².